The molecule has 0 fully saturated rings. The van der Waals surface area contributed by atoms with E-state index in [1.165, 1.54) is 24.3 Å². The van der Waals surface area contributed by atoms with Gasteiger partial charge >= 0.3 is 0 Å². The molecular weight excluding hydrogens is 373 g/mol. The summed E-state index contributed by atoms with van der Waals surface area (Å²) in [5.74, 6) is -1.30. The minimum Gasteiger partial charge on any atom is -0.350 e. The Balaban J connectivity index is 1.88. The normalized spacial score (nSPS) is 12.5. The van der Waals surface area contributed by atoms with Crippen molar-refractivity contribution < 1.29 is 17.6 Å². The van der Waals surface area contributed by atoms with Crippen LogP contribution in [0.4, 0.5) is 4.39 Å². The van der Waals surface area contributed by atoms with Crippen LogP contribution in [-0.4, -0.2) is 20.9 Å². The van der Waals surface area contributed by atoms with Crippen molar-refractivity contribution in [2.45, 2.75) is 9.46 Å². The van der Waals surface area contributed by atoms with Gasteiger partial charge in [-0.15, -0.1) is 11.3 Å². The van der Waals surface area contributed by atoms with Gasteiger partial charge in [0.1, 0.15) is 15.3 Å². The van der Waals surface area contributed by atoms with Crippen molar-refractivity contribution in [3.05, 3.63) is 89.1 Å². The Labute approximate surface area is 155 Å². The van der Waals surface area contributed by atoms with E-state index in [0.29, 0.717) is 5.56 Å². The zero-order chi connectivity index (χ0) is 18.6. The van der Waals surface area contributed by atoms with E-state index in [1.54, 1.807) is 47.8 Å². The maximum absolute atomic E-state index is 13.8. The smallest absolute Gasteiger partial charge is 0.254 e. The highest BCUT2D eigenvalue weighted by atomic mass is 32.2. The van der Waals surface area contributed by atoms with Crippen LogP contribution in [0.3, 0.4) is 0 Å². The molecule has 0 spiro atoms. The fourth-order valence-electron chi connectivity index (χ4n) is 2.57. The molecule has 3 rings (SSSR count). The van der Waals surface area contributed by atoms with Gasteiger partial charge in [0.25, 0.3) is 5.91 Å². The first-order valence-electron chi connectivity index (χ1n) is 7.85. The van der Waals surface area contributed by atoms with Crippen LogP contribution in [-0.2, 0) is 9.84 Å². The molecule has 0 aliphatic heterocycles. The van der Waals surface area contributed by atoms with Gasteiger partial charge < -0.3 is 5.32 Å². The highest BCUT2D eigenvalue weighted by molar-refractivity contribution is 7.93. The molecule has 0 aliphatic rings. The quantitative estimate of drug-likeness (QED) is 0.697. The molecule has 0 unspecified atom stereocenters. The average molecular weight is 389 g/mol. The molecule has 1 amide bonds. The molecule has 1 N–H and O–H groups in total. The zero-order valence-electron chi connectivity index (χ0n) is 13.6. The van der Waals surface area contributed by atoms with Gasteiger partial charge in [-0.2, -0.15) is 0 Å². The van der Waals surface area contributed by atoms with E-state index in [0.717, 1.165) is 11.3 Å². The molecule has 1 heterocycles. The maximum Gasteiger partial charge on any atom is 0.254 e. The van der Waals surface area contributed by atoms with Gasteiger partial charge in [-0.1, -0.05) is 48.5 Å². The Kier molecular flexibility index (Phi) is 5.49. The van der Waals surface area contributed by atoms with Crippen molar-refractivity contribution in [2.24, 2.45) is 0 Å². The minimum atomic E-state index is -3.69. The summed E-state index contributed by atoms with van der Waals surface area (Å²) < 4.78 is 40.0. The van der Waals surface area contributed by atoms with E-state index in [1.807, 2.05) is 0 Å². The molecule has 134 valence electrons. The predicted molar refractivity (Wildman–Crippen MR) is 99.4 cm³/mol. The lowest BCUT2D eigenvalue weighted by molar-refractivity contribution is 0.0949. The number of sulfone groups is 1. The lowest BCUT2D eigenvalue weighted by atomic mass is 10.1. The molecule has 7 heteroatoms. The zero-order valence-corrected chi connectivity index (χ0v) is 15.3. The number of carbonyl (C=O) groups is 1. The van der Waals surface area contributed by atoms with Crippen LogP contribution < -0.4 is 5.32 Å². The number of amides is 1. The van der Waals surface area contributed by atoms with Gasteiger partial charge in [0.15, 0.2) is 9.84 Å². The number of thiophene rings is 1. The lowest BCUT2D eigenvalue weighted by Crippen LogP contribution is -2.32. The molecule has 26 heavy (non-hydrogen) atoms. The number of hydrogen-bond donors (Lipinski definition) is 1. The summed E-state index contributed by atoms with van der Waals surface area (Å²) in [5, 5.41) is 3.28. The van der Waals surface area contributed by atoms with Crippen LogP contribution in [0, 0.1) is 5.82 Å². The standard InChI is InChI=1S/C19H16FNO3S2/c20-16-10-5-4-9-15(16)19(22)21-13-17(14-7-2-1-3-8-14)26(23,24)18-11-6-12-25-18/h1-12,17H,13H2,(H,21,22)/t17-/m0/s1. The second-order valence-electron chi connectivity index (χ2n) is 5.57. The number of nitrogens with one attached hydrogen (secondary N) is 1. The summed E-state index contributed by atoms with van der Waals surface area (Å²) in [6, 6.07) is 17.5. The topological polar surface area (TPSA) is 63.2 Å². The summed E-state index contributed by atoms with van der Waals surface area (Å²) in [7, 11) is -3.69. The molecule has 0 bridgehead atoms. The van der Waals surface area contributed by atoms with Crippen LogP contribution >= 0.6 is 11.3 Å². The molecule has 0 saturated carbocycles. The van der Waals surface area contributed by atoms with Crippen LogP contribution in [0.5, 0.6) is 0 Å². The monoisotopic (exact) mass is 389 g/mol. The van der Waals surface area contributed by atoms with Gasteiger partial charge in [-0.05, 0) is 29.1 Å². The molecule has 1 aromatic heterocycles. The Hall–Kier alpha value is -2.51. The van der Waals surface area contributed by atoms with Gasteiger partial charge in [0.05, 0.1) is 5.56 Å². The predicted octanol–water partition coefficient (Wildman–Crippen LogP) is 3.83. The van der Waals surface area contributed by atoms with Crippen molar-refractivity contribution in [1.29, 1.82) is 0 Å². The third-order valence-electron chi connectivity index (χ3n) is 3.89. The first-order valence-corrected chi connectivity index (χ1v) is 10.3. The molecule has 2 aromatic carbocycles. The lowest BCUT2D eigenvalue weighted by Gasteiger charge is -2.18. The van der Waals surface area contributed by atoms with Gasteiger partial charge in [0.2, 0.25) is 0 Å². The molecule has 0 saturated heterocycles. The average Bonchev–Trinajstić information content (AvgIpc) is 3.18. The summed E-state index contributed by atoms with van der Waals surface area (Å²) >= 11 is 1.13. The van der Waals surface area contributed by atoms with Crippen LogP contribution in [0.2, 0.25) is 0 Å². The third-order valence-corrected chi connectivity index (χ3v) is 7.42. The third kappa shape index (κ3) is 3.84. The van der Waals surface area contributed by atoms with Crippen molar-refractivity contribution in [3.63, 3.8) is 0 Å². The van der Waals surface area contributed by atoms with E-state index in [4.69, 9.17) is 0 Å². The minimum absolute atomic E-state index is 0.118. The van der Waals surface area contributed by atoms with E-state index in [9.17, 15) is 17.6 Å². The van der Waals surface area contributed by atoms with E-state index >= 15 is 0 Å². The largest absolute Gasteiger partial charge is 0.350 e. The Morgan fingerprint density at radius 3 is 2.35 bits per heavy atom. The van der Waals surface area contributed by atoms with Crippen molar-refractivity contribution in [1.82, 2.24) is 5.32 Å². The summed E-state index contributed by atoms with van der Waals surface area (Å²) in [5.41, 5.74) is 0.447. The number of benzene rings is 2. The fourth-order valence-corrected chi connectivity index (χ4v) is 5.43. The van der Waals surface area contributed by atoms with Crippen LogP contribution in [0.15, 0.2) is 76.3 Å². The van der Waals surface area contributed by atoms with E-state index < -0.39 is 26.8 Å². The second kappa shape index (κ2) is 7.80. The Morgan fingerprint density at radius 2 is 1.69 bits per heavy atom. The van der Waals surface area contributed by atoms with Crippen molar-refractivity contribution in [3.8, 4) is 0 Å². The van der Waals surface area contributed by atoms with E-state index in [2.05, 4.69) is 5.32 Å². The Bertz CT molecular complexity index is 987. The highest BCUT2D eigenvalue weighted by Gasteiger charge is 2.30. The molecular formula is C19H16FNO3S2. The summed E-state index contributed by atoms with van der Waals surface area (Å²) in [6.45, 7) is -0.155. The van der Waals surface area contributed by atoms with Crippen LogP contribution in [0.25, 0.3) is 0 Å². The number of hydrogen-bond acceptors (Lipinski definition) is 4. The SMILES string of the molecule is O=C(NC[C@@H](c1ccccc1)S(=O)(=O)c1cccs1)c1ccccc1F. The fraction of sp³-hybridized carbons (Fsp3) is 0.105. The Morgan fingerprint density at radius 1 is 1.00 bits per heavy atom. The molecule has 3 aromatic rings. The summed E-state index contributed by atoms with van der Waals surface area (Å²) in [6.07, 6.45) is 0. The van der Waals surface area contributed by atoms with E-state index in [-0.39, 0.29) is 16.3 Å². The molecule has 4 nitrogen and oxygen atoms in total. The molecule has 1 atom stereocenters. The molecule has 0 radical (unpaired) electrons. The number of halogens is 1. The van der Waals surface area contributed by atoms with Crippen LogP contribution in [0.1, 0.15) is 21.2 Å². The first-order chi connectivity index (χ1) is 12.5. The van der Waals surface area contributed by atoms with Gasteiger partial charge in [0, 0.05) is 6.54 Å². The summed E-state index contributed by atoms with van der Waals surface area (Å²) in [4.78, 5) is 12.3. The number of carbonyl (C=O) groups excluding carboxylic acids is 1. The van der Waals surface area contributed by atoms with Crippen molar-refractivity contribution in [2.75, 3.05) is 6.54 Å². The maximum atomic E-state index is 13.8. The van der Waals surface area contributed by atoms with Crippen molar-refractivity contribution >= 4 is 27.1 Å². The van der Waals surface area contributed by atoms with Gasteiger partial charge in [-0.25, -0.2) is 12.8 Å². The van der Waals surface area contributed by atoms with Gasteiger partial charge in [-0.3, -0.25) is 4.79 Å². The molecule has 0 aliphatic carbocycles. The first kappa shape index (κ1) is 18.3. The second-order valence-corrected chi connectivity index (χ2v) is 8.87. The number of rotatable bonds is 6. The highest BCUT2D eigenvalue weighted by Crippen LogP contribution is 2.31.